The summed E-state index contributed by atoms with van der Waals surface area (Å²) in [6.07, 6.45) is -1.49. The zero-order valence-electron chi connectivity index (χ0n) is 13.0. The normalized spacial score (nSPS) is 18.7. The highest BCUT2D eigenvalue weighted by molar-refractivity contribution is 5.34. The van der Waals surface area contributed by atoms with Crippen LogP contribution in [0, 0.1) is 13.8 Å². The lowest BCUT2D eigenvalue weighted by atomic mass is 10.2. The molecule has 0 aliphatic carbocycles. The quantitative estimate of drug-likeness (QED) is 0.870. The van der Waals surface area contributed by atoms with Gasteiger partial charge in [-0.15, -0.1) is 0 Å². The molecule has 124 valence electrons. The van der Waals surface area contributed by atoms with E-state index < -0.39 is 11.9 Å². The van der Waals surface area contributed by atoms with Gasteiger partial charge in [0.2, 0.25) is 5.95 Å². The van der Waals surface area contributed by atoms with Crippen molar-refractivity contribution < 1.29 is 13.2 Å². The maximum absolute atomic E-state index is 12.8. The van der Waals surface area contributed by atoms with E-state index in [0.717, 1.165) is 30.3 Å². The van der Waals surface area contributed by atoms with Crippen molar-refractivity contribution in [3.05, 3.63) is 35.4 Å². The molecule has 1 aliphatic rings. The third-order valence-corrected chi connectivity index (χ3v) is 4.05. The van der Waals surface area contributed by atoms with Gasteiger partial charge in [-0.2, -0.15) is 18.3 Å². The second kappa shape index (κ2) is 5.82. The second-order valence-electron chi connectivity index (χ2n) is 5.84. The second-order valence-corrected chi connectivity index (χ2v) is 5.84. The summed E-state index contributed by atoms with van der Waals surface area (Å²) in [5.74, 6) is 0.142. The van der Waals surface area contributed by atoms with Gasteiger partial charge in [0.1, 0.15) is 5.69 Å². The summed E-state index contributed by atoms with van der Waals surface area (Å²) >= 11 is 0. The van der Waals surface area contributed by atoms with Crippen molar-refractivity contribution in [3.63, 3.8) is 0 Å². The number of alkyl halides is 3. The lowest BCUT2D eigenvalue weighted by molar-refractivity contribution is -0.141. The van der Waals surface area contributed by atoms with Gasteiger partial charge in [0.25, 0.3) is 0 Å². The van der Waals surface area contributed by atoms with E-state index in [-0.39, 0.29) is 12.0 Å². The van der Waals surface area contributed by atoms with Crippen LogP contribution in [0.2, 0.25) is 0 Å². The number of halogens is 3. The van der Waals surface area contributed by atoms with Crippen molar-refractivity contribution in [2.75, 3.05) is 11.4 Å². The van der Waals surface area contributed by atoms with Crippen LogP contribution in [0.25, 0.3) is 0 Å². The topological polar surface area (TPSA) is 46.8 Å². The molecule has 23 heavy (non-hydrogen) atoms. The Hall–Kier alpha value is -2.12. The molecular formula is C15H18F3N5. The summed E-state index contributed by atoms with van der Waals surface area (Å²) in [5.41, 5.74) is 1.07. The van der Waals surface area contributed by atoms with E-state index in [2.05, 4.69) is 15.1 Å². The molecule has 5 nitrogen and oxygen atoms in total. The fourth-order valence-corrected chi connectivity index (χ4v) is 2.99. The highest BCUT2D eigenvalue weighted by Gasteiger charge is 2.34. The Bertz CT molecular complexity index is 695. The van der Waals surface area contributed by atoms with E-state index in [0.29, 0.717) is 13.1 Å². The highest BCUT2D eigenvalue weighted by Crippen LogP contribution is 2.30. The first-order valence-corrected chi connectivity index (χ1v) is 7.52. The molecule has 0 aromatic carbocycles. The van der Waals surface area contributed by atoms with Gasteiger partial charge in [0.15, 0.2) is 0 Å². The van der Waals surface area contributed by atoms with Crippen LogP contribution in [0.15, 0.2) is 18.3 Å². The first-order chi connectivity index (χ1) is 10.8. The maximum atomic E-state index is 12.8. The Kier molecular flexibility index (Phi) is 3.99. The van der Waals surface area contributed by atoms with Gasteiger partial charge in [0, 0.05) is 18.4 Å². The minimum atomic E-state index is -4.46. The molecule has 0 amide bonds. The molecule has 3 rings (SSSR count). The highest BCUT2D eigenvalue weighted by atomic mass is 19.4. The summed E-state index contributed by atoms with van der Waals surface area (Å²) in [5, 5.41) is 4.43. The third kappa shape index (κ3) is 3.30. The predicted molar refractivity (Wildman–Crippen MR) is 79.1 cm³/mol. The maximum Gasteiger partial charge on any atom is 0.433 e. The van der Waals surface area contributed by atoms with Gasteiger partial charge < -0.3 is 4.90 Å². The molecule has 1 atom stereocenters. The third-order valence-electron chi connectivity index (χ3n) is 4.05. The van der Waals surface area contributed by atoms with Crippen molar-refractivity contribution in [1.29, 1.82) is 0 Å². The minimum absolute atomic E-state index is 0.0523. The number of rotatable bonds is 3. The van der Waals surface area contributed by atoms with Crippen LogP contribution < -0.4 is 4.90 Å². The van der Waals surface area contributed by atoms with Gasteiger partial charge in [-0.25, -0.2) is 9.97 Å². The molecule has 0 spiro atoms. The largest absolute Gasteiger partial charge is 0.433 e. The molecular weight excluding hydrogens is 307 g/mol. The van der Waals surface area contributed by atoms with Crippen LogP contribution >= 0.6 is 0 Å². The molecule has 3 heterocycles. The molecule has 2 aromatic rings. The Morgan fingerprint density at radius 1 is 1.30 bits per heavy atom. The van der Waals surface area contributed by atoms with E-state index in [1.54, 1.807) is 0 Å². The van der Waals surface area contributed by atoms with Crippen molar-refractivity contribution >= 4 is 5.95 Å². The lowest BCUT2D eigenvalue weighted by Crippen LogP contribution is -2.35. The van der Waals surface area contributed by atoms with Crippen LogP contribution in [0.4, 0.5) is 19.1 Å². The lowest BCUT2D eigenvalue weighted by Gasteiger charge is -2.25. The number of anilines is 1. The van der Waals surface area contributed by atoms with Gasteiger partial charge in [-0.05, 0) is 38.8 Å². The first kappa shape index (κ1) is 15.8. The number of aryl methyl sites for hydroxylation is 2. The van der Waals surface area contributed by atoms with Crippen LogP contribution in [0.5, 0.6) is 0 Å². The van der Waals surface area contributed by atoms with Crippen molar-refractivity contribution in [1.82, 2.24) is 19.7 Å². The van der Waals surface area contributed by atoms with E-state index in [1.807, 2.05) is 29.5 Å². The average Bonchev–Trinajstić information content (AvgIpc) is 3.05. The number of hydrogen-bond acceptors (Lipinski definition) is 4. The molecule has 0 N–H and O–H groups in total. The molecule has 1 aliphatic heterocycles. The van der Waals surface area contributed by atoms with E-state index in [1.165, 1.54) is 6.20 Å². The summed E-state index contributed by atoms with van der Waals surface area (Å²) in [4.78, 5) is 9.60. The molecule has 8 heteroatoms. The van der Waals surface area contributed by atoms with Crippen molar-refractivity contribution in [2.45, 2.75) is 45.5 Å². The fourth-order valence-electron chi connectivity index (χ4n) is 2.99. The van der Waals surface area contributed by atoms with Crippen LogP contribution in [-0.4, -0.2) is 32.3 Å². The molecule has 2 aromatic heterocycles. The zero-order valence-corrected chi connectivity index (χ0v) is 13.0. The summed E-state index contributed by atoms with van der Waals surface area (Å²) in [7, 11) is 0. The molecule has 0 saturated carbocycles. The molecule has 0 unspecified atom stereocenters. The van der Waals surface area contributed by atoms with Crippen LogP contribution in [0.3, 0.4) is 0 Å². The van der Waals surface area contributed by atoms with Gasteiger partial charge in [0.05, 0.1) is 18.3 Å². The number of aromatic nitrogens is 4. The Morgan fingerprint density at radius 3 is 2.74 bits per heavy atom. The number of nitrogens with zero attached hydrogens (tertiary/aromatic N) is 5. The molecule has 1 saturated heterocycles. The Balaban J connectivity index is 1.83. The molecule has 0 bridgehead atoms. The fraction of sp³-hybridized carbons (Fsp3) is 0.533. The van der Waals surface area contributed by atoms with E-state index in [4.69, 9.17) is 0 Å². The smallest absolute Gasteiger partial charge is 0.336 e. The monoisotopic (exact) mass is 325 g/mol. The SMILES string of the molecule is Cc1cc(C)n(C[C@H]2CCCN2c2nccc(C(F)(F)F)n2)n1. The molecule has 1 fully saturated rings. The first-order valence-electron chi connectivity index (χ1n) is 7.52. The summed E-state index contributed by atoms with van der Waals surface area (Å²) < 4.78 is 40.4. The van der Waals surface area contributed by atoms with Gasteiger partial charge in [-0.1, -0.05) is 0 Å². The van der Waals surface area contributed by atoms with E-state index >= 15 is 0 Å². The Labute approximate surface area is 132 Å². The predicted octanol–water partition coefficient (Wildman–Crippen LogP) is 2.98. The van der Waals surface area contributed by atoms with Crippen molar-refractivity contribution in [2.24, 2.45) is 0 Å². The number of hydrogen-bond donors (Lipinski definition) is 0. The molecule has 0 radical (unpaired) electrons. The van der Waals surface area contributed by atoms with Gasteiger partial charge in [-0.3, -0.25) is 4.68 Å². The Morgan fingerprint density at radius 2 is 2.09 bits per heavy atom. The van der Waals surface area contributed by atoms with Crippen LogP contribution in [0.1, 0.15) is 29.9 Å². The summed E-state index contributed by atoms with van der Waals surface area (Å²) in [6, 6.07) is 2.94. The van der Waals surface area contributed by atoms with Gasteiger partial charge >= 0.3 is 6.18 Å². The zero-order chi connectivity index (χ0) is 16.6. The average molecular weight is 325 g/mol. The van der Waals surface area contributed by atoms with Crippen molar-refractivity contribution in [3.8, 4) is 0 Å². The standard InChI is InChI=1S/C15H18F3N5/c1-10-8-11(2)23(21-10)9-12-4-3-7-22(12)14-19-6-5-13(20-14)15(16,17)18/h5-6,8,12H,3-4,7,9H2,1-2H3/t12-/m1/s1. The summed E-state index contributed by atoms with van der Waals surface area (Å²) in [6.45, 7) is 5.18. The van der Waals surface area contributed by atoms with Crippen LogP contribution in [-0.2, 0) is 12.7 Å². The van der Waals surface area contributed by atoms with E-state index in [9.17, 15) is 13.2 Å². The minimum Gasteiger partial charge on any atom is -0.336 e.